The van der Waals surface area contributed by atoms with E-state index < -0.39 is 24.6 Å². The predicted molar refractivity (Wildman–Crippen MR) is 160 cm³/mol. The zero-order chi connectivity index (χ0) is 31.8. The van der Waals surface area contributed by atoms with E-state index in [1.54, 1.807) is 32.0 Å². The van der Waals surface area contributed by atoms with Gasteiger partial charge in [-0.05, 0) is 69.2 Å². The fraction of sp³-hybridized carbons (Fsp3) is 0.400. The number of nitrogens with zero attached hydrogens (tertiary/aromatic N) is 3. The Bertz CT molecular complexity index is 1660. The van der Waals surface area contributed by atoms with Gasteiger partial charge in [0.1, 0.15) is 17.2 Å². The van der Waals surface area contributed by atoms with Crippen molar-refractivity contribution in [3.05, 3.63) is 64.3 Å². The number of fused-ring (bicyclic) bond motifs is 1. The van der Waals surface area contributed by atoms with Crippen LogP contribution in [0.25, 0.3) is 10.9 Å². The largest absolute Gasteiger partial charge is 0.495 e. The third-order valence-electron chi connectivity index (χ3n) is 7.70. The van der Waals surface area contributed by atoms with Gasteiger partial charge in [-0.25, -0.2) is 4.98 Å². The molecule has 44 heavy (non-hydrogen) atoms. The zero-order valence-corrected chi connectivity index (χ0v) is 25.3. The van der Waals surface area contributed by atoms with Crippen LogP contribution < -0.4 is 20.3 Å². The van der Waals surface area contributed by atoms with Crippen molar-refractivity contribution in [3.8, 4) is 5.75 Å². The summed E-state index contributed by atoms with van der Waals surface area (Å²) in [5, 5.41) is 13.7. The number of hydrogen-bond donors (Lipinski definition) is 3. The second kappa shape index (κ2) is 12.0. The summed E-state index contributed by atoms with van der Waals surface area (Å²) in [6, 6.07) is 4.78. The van der Waals surface area contributed by atoms with Gasteiger partial charge in [0.25, 0.3) is 11.8 Å². The second-order valence-electron chi connectivity index (χ2n) is 11.2. The average Bonchev–Trinajstić information content (AvgIpc) is 3.89. The molecule has 10 nitrogen and oxygen atoms in total. The van der Waals surface area contributed by atoms with Gasteiger partial charge in [-0.15, -0.1) is 0 Å². The summed E-state index contributed by atoms with van der Waals surface area (Å²) in [5.41, 5.74) is 0.495. The summed E-state index contributed by atoms with van der Waals surface area (Å²) in [6.07, 6.45) is 3.38. The molecule has 3 N–H and O–H groups in total. The fourth-order valence-corrected chi connectivity index (χ4v) is 5.37. The molecule has 2 aromatic heterocycles. The number of rotatable bonds is 11. The summed E-state index contributed by atoms with van der Waals surface area (Å²) >= 11 is 6.37. The van der Waals surface area contributed by atoms with E-state index >= 15 is 0 Å². The van der Waals surface area contributed by atoms with E-state index in [9.17, 15) is 22.8 Å². The third kappa shape index (κ3) is 6.62. The number of amides is 2. The van der Waals surface area contributed by atoms with Crippen molar-refractivity contribution >= 4 is 45.8 Å². The fourth-order valence-electron chi connectivity index (χ4n) is 5.12. The lowest BCUT2D eigenvalue weighted by atomic mass is 10.0. The van der Waals surface area contributed by atoms with E-state index in [0.29, 0.717) is 22.4 Å². The van der Waals surface area contributed by atoms with Gasteiger partial charge in [0.15, 0.2) is 12.4 Å². The summed E-state index contributed by atoms with van der Waals surface area (Å²) in [4.78, 5) is 33.6. The number of carbonyl (C=O) groups is 2. The first-order valence-corrected chi connectivity index (χ1v) is 14.3. The molecule has 14 heteroatoms. The highest BCUT2D eigenvalue weighted by Crippen LogP contribution is 2.54. The molecule has 5 rings (SSSR count). The monoisotopic (exact) mass is 632 g/mol. The van der Waals surface area contributed by atoms with Crippen molar-refractivity contribution in [2.75, 3.05) is 31.0 Å². The lowest BCUT2D eigenvalue weighted by molar-refractivity contribution is -0.164. The molecule has 2 heterocycles. The highest BCUT2D eigenvalue weighted by molar-refractivity contribution is 6.33. The number of anilines is 2. The number of methoxy groups -OCH3 is 1. The number of H-pyrrole nitrogens is 1. The Kier molecular flexibility index (Phi) is 8.52. The maximum Gasteiger partial charge on any atom is 0.422 e. The van der Waals surface area contributed by atoms with E-state index in [-0.39, 0.29) is 44.8 Å². The highest BCUT2D eigenvalue weighted by Gasteiger charge is 2.55. The first-order chi connectivity index (χ1) is 20.8. The van der Waals surface area contributed by atoms with E-state index in [1.165, 1.54) is 37.5 Å². The molecule has 3 aromatic rings. The SMILES string of the molecule is COc1cc2cn[nH]c2c(C(=O)NC2(C3CC3)CC2)c1NC(=O)/C(=C/C(OCC(F)(F)F)=C(C)C)N(C)c1ncccc1Cl. The van der Waals surface area contributed by atoms with Crippen LogP contribution in [-0.4, -0.2) is 59.5 Å². The van der Waals surface area contributed by atoms with Gasteiger partial charge in [0.2, 0.25) is 0 Å². The van der Waals surface area contributed by atoms with Gasteiger partial charge in [0.05, 0.1) is 35.1 Å². The van der Waals surface area contributed by atoms with E-state index in [0.717, 1.165) is 25.7 Å². The van der Waals surface area contributed by atoms with Gasteiger partial charge >= 0.3 is 6.18 Å². The minimum Gasteiger partial charge on any atom is -0.495 e. The van der Waals surface area contributed by atoms with Crippen LogP contribution in [0.15, 0.2) is 53.7 Å². The molecular weight excluding hydrogens is 601 g/mol. The lowest BCUT2D eigenvalue weighted by Crippen LogP contribution is -2.39. The smallest absolute Gasteiger partial charge is 0.422 e. The van der Waals surface area contributed by atoms with Gasteiger partial charge < -0.3 is 25.0 Å². The molecular formula is C30H32ClF3N6O4. The standard InChI is InChI=1S/C30H32ClF3N6O4/c1-16(2)21(44-15-30(32,33)34)13-20(40(3)26-19(31)6-5-11-35-26)27(41)37-25-22(43-4)12-17-14-36-39-24(17)23(25)28(42)38-29(9-10-29)18-7-8-18/h5-6,11-14,18H,7-10,15H2,1-4H3,(H,36,39)(H,37,41)(H,38,42)/b20-13-. The van der Waals surface area contributed by atoms with Gasteiger partial charge in [-0.3, -0.25) is 14.7 Å². The van der Waals surface area contributed by atoms with Crippen LogP contribution in [-0.2, 0) is 9.53 Å². The molecule has 2 amide bonds. The van der Waals surface area contributed by atoms with Crippen molar-refractivity contribution in [1.82, 2.24) is 20.5 Å². The van der Waals surface area contributed by atoms with Crippen LogP contribution in [0.4, 0.5) is 24.7 Å². The number of aromatic nitrogens is 3. The first-order valence-electron chi connectivity index (χ1n) is 13.9. The summed E-state index contributed by atoms with van der Waals surface area (Å²) in [7, 11) is 2.88. The Morgan fingerprint density at radius 1 is 1.27 bits per heavy atom. The van der Waals surface area contributed by atoms with Gasteiger partial charge in [0, 0.05) is 30.2 Å². The topological polar surface area (TPSA) is 121 Å². The normalized spacial score (nSPS) is 15.9. The van der Waals surface area contributed by atoms with Crippen LogP contribution in [0.3, 0.4) is 0 Å². The molecule has 234 valence electrons. The quantitative estimate of drug-likeness (QED) is 0.132. The number of likely N-dealkylation sites (N-methyl/N-ethyl adjacent to an activating group) is 1. The molecule has 1 aromatic carbocycles. The van der Waals surface area contributed by atoms with E-state index in [1.807, 2.05) is 0 Å². The average molecular weight is 633 g/mol. The number of aromatic amines is 1. The van der Waals surface area contributed by atoms with E-state index in [4.69, 9.17) is 21.1 Å². The number of alkyl halides is 3. The molecule has 0 atom stereocenters. The van der Waals surface area contributed by atoms with Crippen LogP contribution in [0, 0.1) is 5.92 Å². The Labute approximate surface area is 256 Å². The Morgan fingerprint density at radius 2 is 2.00 bits per heavy atom. The Balaban J connectivity index is 1.58. The molecule has 0 aliphatic heterocycles. The highest BCUT2D eigenvalue weighted by atomic mass is 35.5. The van der Waals surface area contributed by atoms with Crippen molar-refractivity contribution in [2.45, 2.75) is 51.2 Å². The van der Waals surface area contributed by atoms with Crippen molar-refractivity contribution in [1.29, 1.82) is 0 Å². The molecule has 2 aliphatic carbocycles. The van der Waals surface area contributed by atoms with Crippen molar-refractivity contribution < 1.29 is 32.2 Å². The molecule has 2 aliphatic rings. The number of hydrogen-bond acceptors (Lipinski definition) is 7. The van der Waals surface area contributed by atoms with Crippen LogP contribution in [0.5, 0.6) is 5.75 Å². The molecule has 0 unspecified atom stereocenters. The number of nitrogens with one attached hydrogen (secondary N) is 3. The second-order valence-corrected chi connectivity index (χ2v) is 11.6. The number of ether oxygens (including phenoxy) is 2. The molecule has 0 spiro atoms. The Morgan fingerprint density at radius 3 is 2.59 bits per heavy atom. The zero-order valence-electron chi connectivity index (χ0n) is 24.6. The maximum atomic E-state index is 14.1. The first kappa shape index (κ1) is 31.2. The van der Waals surface area contributed by atoms with Crippen LogP contribution in [0.2, 0.25) is 5.02 Å². The molecule has 0 saturated heterocycles. The number of halogens is 4. The summed E-state index contributed by atoms with van der Waals surface area (Å²) in [5.74, 6) is -0.629. The summed E-state index contributed by atoms with van der Waals surface area (Å²) < 4.78 is 49.9. The van der Waals surface area contributed by atoms with Crippen LogP contribution in [0.1, 0.15) is 49.9 Å². The lowest BCUT2D eigenvalue weighted by Gasteiger charge is -2.24. The number of pyridine rings is 1. The molecule has 2 fully saturated rings. The van der Waals surface area contributed by atoms with Crippen molar-refractivity contribution in [2.24, 2.45) is 5.92 Å². The predicted octanol–water partition coefficient (Wildman–Crippen LogP) is 6.12. The third-order valence-corrected chi connectivity index (χ3v) is 7.99. The maximum absolute atomic E-state index is 14.1. The molecule has 2 saturated carbocycles. The number of carbonyl (C=O) groups excluding carboxylic acids is 2. The molecule has 0 radical (unpaired) electrons. The minimum atomic E-state index is -4.61. The van der Waals surface area contributed by atoms with Crippen molar-refractivity contribution in [3.63, 3.8) is 0 Å². The van der Waals surface area contributed by atoms with Crippen LogP contribution >= 0.6 is 11.6 Å². The number of allylic oxidation sites excluding steroid dienone is 2. The Hall–Kier alpha value is -4.26. The summed E-state index contributed by atoms with van der Waals surface area (Å²) in [6.45, 7) is 1.54. The van der Waals surface area contributed by atoms with E-state index in [2.05, 4.69) is 25.8 Å². The minimum absolute atomic E-state index is 0.0553. The molecule has 0 bridgehead atoms. The van der Waals surface area contributed by atoms with Gasteiger partial charge in [-0.1, -0.05) is 11.6 Å². The van der Waals surface area contributed by atoms with Gasteiger partial charge in [-0.2, -0.15) is 18.3 Å². The number of benzene rings is 1.